The molecule has 7 heteroatoms. The quantitative estimate of drug-likeness (QED) is 0.344. The average molecular weight is 319 g/mol. The summed E-state index contributed by atoms with van der Waals surface area (Å²) >= 11 is 16.8. The van der Waals surface area contributed by atoms with E-state index < -0.39 is 0 Å². The summed E-state index contributed by atoms with van der Waals surface area (Å²) in [6.45, 7) is 2.90. The lowest BCUT2D eigenvalue weighted by Gasteiger charge is -2.07. The number of unbranched alkanes of at least 4 members (excludes halogenated alkanes) is 1. The number of thiocarbonyl (C=S) groups is 1. The number of guanidine groups is 1. The Morgan fingerprint density at radius 1 is 1.37 bits per heavy atom. The van der Waals surface area contributed by atoms with Gasteiger partial charge in [0.1, 0.15) is 0 Å². The summed E-state index contributed by atoms with van der Waals surface area (Å²) < 4.78 is 0. The highest BCUT2D eigenvalue weighted by atomic mass is 35.5. The molecule has 0 aliphatic rings. The minimum absolute atomic E-state index is 0.201. The van der Waals surface area contributed by atoms with Crippen molar-refractivity contribution in [1.82, 2.24) is 5.32 Å². The Morgan fingerprint density at radius 2 is 2.11 bits per heavy atom. The number of halogens is 2. The normalized spacial score (nSPS) is 11.2. The highest BCUT2D eigenvalue weighted by Crippen LogP contribution is 2.24. The first-order valence-electron chi connectivity index (χ1n) is 5.87. The van der Waals surface area contributed by atoms with Crippen molar-refractivity contribution in [1.29, 1.82) is 0 Å². The summed E-state index contributed by atoms with van der Waals surface area (Å²) in [5.74, 6) is 0.201. The van der Waals surface area contributed by atoms with Gasteiger partial charge in [-0.25, -0.2) is 0 Å². The van der Waals surface area contributed by atoms with Crippen LogP contribution in [0.1, 0.15) is 19.8 Å². The minimum Gasteiger partial charge on any atom is -0.369 e. The fourth-order valence-electron chi connectivity index (χ4n) is 1.27. The van der Waals surface area contributed by atoms with E-state index in [-0.39, 0.29) is 5.96 Å². The minimum atomic E-state index is 0.201. The Balaban J connectivity index is 2.55. The van der Waals surface area contributed by atoms with Crippen LogP contribution in [0.15, 0.2) is 23.2 Å². The molecule has 1 rings (SSSR count). The second-order valence-electron chi connectivity index (χ2n) is 3.84. The number of anilines is 1. The highest BCUT2D eigenvalue weighted by molar-refractivity contribution is 7.80. The number of rotatable bonds is 4. The summed E-state index contributed by atoms with van der Waals surface area (Å²) in [6, 6.07) is 5.10. The largest absolute Gasteiger partial charge is 0.369 e. The van der Waals surface area contributed by atoms with E-state index in [2.05, 4.69) is 22.5 Å². The van der Waals surface area contributed by atoms with Crippen LogP contribution in [0.5, 0.6) is 0 Å². The number of nitrogens with zero attached hydrogens (tertiary/aromatic N) is 1. The summed E-state index contributed by atoms with van der Waals surface area (Å²) in [4.78, 5) is 4.02. The predicted octanol–water partition coefficient (Wildman–Crippen LogP) is 3.39. The molecule has 0 aromatic heterocycles. The Kier molecular flexibility index (Phi) is 6.91. The molecule has 0 heterocycles. The van der Waals surface area contributed by atoms with Crippen molar-refractivity contribution in [2.24, 2.45) is 10.7 Å². The third-order valence-corrected chi connectivity index (χ3v) is 3.20. The van der Waals surface area contributed by atoms with Crippen LogP contribution in [0.3, 0.4) is 0 Å². The van der Waals surface area contributed by atoms with Crippen molar-refractivity contribution in [3.05, 3.63) is 28.2 Å². The monoisotopic (exact) mass is 318 g/mol. The number of hydrogen-bond donors (Lipinski definition) is 3. The zero-order valence-corrected chi connectivity index (χ0v) is 12.9. The third kappa shape index (κ3) is 6.09. The van der Waals surface area contributed by atoms with Crippen LogP contribution in [-0.4, -0.2) is 17.6 Å². The summed E-state index contributed by atoms with van der Waals surface area (Å²) in [5, 5.41) is 7.18. The number of benzene rings is 1. The van der Waals surface area contributed by atoms with Crippen LogP contribution < -0.4 is 16.4 Å². The Labute approximate surface area is 128 Å². The fraction of sp³-hybridized carbons (Fsp3) is 0.333. The lowest BCUT2D eigenvalue weighted by molar-refractivity contribution is 0.756. The molecule has 4 N–H and O–H groups in total. The summed E-state index contributed by atoms with van der Waals surface area (Å²) in [5.41, 5.74) is 6.44. The number of aliphatic imine (C=N–C) groups is 1. The molecule has 0 saturated carbocycles. The fourth-order valence-corrected chi connectivity index (χ4v) is 1.77. The smallest absolute Gasteiger partial charge is 0.200 e. The lowest BCUT2D eigenvalue weighted by Crippen LogP contribution is -2.28. The van der Waals surface area contributed by atoms with E-state index in [4.69, 9.17) is 41.2 Å². The first-order chi connectivity index (χ1) is 9.02. The van der Waals surface area contributed by atoms with Crippen LogP contribution in [0.2, 0.25) is 10.0 Å². The first-order valence-corrected chi connectivity index (χ1v) is 7.03. The molecule has 1 aromatic rings. The van der Waals surface area contributed by atoms with Crippen molar-refractivity contribution >= 4 is 52.2 Å². The van der Waals surface area contributed by atoms with Gasteiger partial charge >= 0.3 is 0 Å². The maximum Gasteiger partial charge on any atom is 0.200 e. The molecule has 1 aromatic carbocycles. The van der Waals surface area contributed by atoms with E-state index in [1.807, 2.05) is 0 Å². The summed E-state index contributed by atoms with van der Waals surface area (Å²) in [6.07, 6.45) is 2.13. The SMILES string of the molecule is CCCCNC(=S)/N=C(\N)Nc1ccc(Cl)c(Cl)c1. The molecule has 0 amide bonds. The van der Waals surface area contributed by atoms with Gasteiger partial charge in [-0.3, -0.25) is 0 Å². The molecule has 0 aliphatic carbocycles. The molecule has 4 nitrogen and oxygen atoms in total. The van der Waals surface area contributed by atoms with Crippen LogP contribution in [0.25, 0.3) is 0 Å². The zero-order valence-electron chi connectivity index (χ0n) is 10.5. The molecule has 19 heavy (non-hydrogen) atoms. The Bertz CT molecular complexity index is 477. The maximum absolute atomic E-state index is 5.90. The molecule has 104 valence electrons. The molecular weight excluding hydrogens is 303 g/mol. The van der Waals surface area contributed by atoms with Gasteiger partial charge in [-0.1, -0.05) is 36.5 Å². The maximum atomic E-state index is 5.90. The van der Waals surface area contributed by atoms with Gasteiger partial charge in [0.25, 0.3) is 0 Å². The van der Waals surface area contributed by atoms with Crippen LogP contribution in [0.4, 0.5) is 5.69 Å². The van der Waals surface area contributed by atoms with Crippen molar-refractivity contribution in [3.8, 4) is 0 Å². The van der Waals surface area contributed by atoms with Gasteiger partial charge in [0.15, 0.2) is 5.11 Å². The van der Waals surface area contributed by atoms with Gasteiger partial charge in [-0.2, -0.15) is 4.99 Å². The predicted molar refractivity (Wildman–Crippen MR) is 87.2 cm³/mol. The molecule has 0 atom stereocenters. The van der Waals surface area contributed by atoms with Gasteiger partial charge in [0.05, 0.1) is 10.0 Å². The first kappa shape index (κ1) is 16.0. The van der Waals surface area contributed by atoms with Gasteiger partial charge < -0.3 is 16.4 Å². The lowest BCUT2D eigenvalue weighted by atomic mass is 10.3. The zero-order chi connectivity index (χ0) is 14.3. The molecule has 0 aliphatic heterocycles. The van der Waals surface area contributed by atoms with Crippen LogP contribution >= 0.6 is 35.4 Å². The molecule has 0 fully saturated rings. The van der Waals surface area contributed by atoms with E-state index in [9.17, 15) is 0 Å². The van der Waals surface area contributed by atoms with Crippen molar-refractivity contribution < 1.29 is 0 Å². The molecule has 0 unspecified atom stereocenters. The van der Waals surface area contributed by atoms with E-state index in [1.54, 1.807) is 18.2 Å². The van der Waals surface area contributed by atoms with E-state index in [0.29, 0.717) is 20.8 Å². The van der Waals surface area contributed by atoms with Gasteiger partial charge in [-0.05, 0) is 36.8 Å². The standard InChI is InChI=1S/C12H16Cl2N4S/c1-2-3-6-16-12(19)18-11(15)17-8-4-5-9(13)10(14)7-8/h4-5,7H,2-3,6H2,1H3,(H4,15,16,17,18,19). The van der Waals surface area contributed by atoms with E-state index in [0.717, 1.165) is 19.4 Å². The molecular formula is C12H16Cl2N4S. The molecule has 0 bridgehead atoms. The molecule has 0 spiro atoms. The molecule has 0 radical (unpaired) electrons. The number of nitrogens with one attached hydrogen (secondary N) is 2. The summed E-state index contributed by atoms with van der Waals surface area (Å²) in [7, 11) is 0. The highest BCUT2D eigenvalue weighted by Gasteiger charge is 2.01. The van der Waals surface area contributed by atoms with Crippen LogP contribution in [0, 0.1) is 0 Å². The second-order valence-corrected chi connectivity index (χ2v) is 5.04. The Morgan fingerprint density at radius 3 is 2.74 bits per heavy atom. The van der Waals surface area contributed by atoms with Crippen molar-refractivity contribution in [2.45, 2.75) is 19.8 Å². The second kappa shape index (κ2) is 8.19. The van der Waals surface area contributed by atoms with Crippen molar-refractivity contribution in [2.75, 3.05) is 11.9 Å². The van der Waals surface area contributed by atoms with Gasteiger partial charge in [0.2, 0.25) is 5.96 Å². The van der Waals surface area contributed by atoms with E-state index >= 15 is 0 Å². The number of hydrogen-bond acceptors (Lipinski definition) is 1. The van der Waals surface area contributed by atoms with Crippen LogP contribution in [-0.2, 0) is 0 Å². The Hall–Kier alpha value is -1.04. The van der Waals surface area contributed by atoms with Crippen molar-refractivity contribution in [3.63, 3.8) is 0 Å². The number of nitrogens with two attached hydrogens (primary N) is 1. The topological polar surface area (TPSA) is 62.4 Å². The third-order valence-electron chi connectivity index (χ3n) is 2.22. The van der Waals surface area contributed by atoms with E-state index in [1.165, 1.54) is 0 Å². The van der Waals surface area contributed by atoms with Gasteiger partial charge in [-0.15, -0.1) is 0 Å². The molecule has 0 saturated heterocycles. The van der Waals surface area contributed by atoms with Gasteiger partial charge in [0, 0.05) is 12.2 Å². The average Bonchev–Trinajstić information content (AvgIpc) is 2.34.